The van der Waals surface area contributed by atoms with E-state index in [1.165, 1.54) is 12.8 Å². The monoisotopic (exact) mass is 280 g/mol. The minimum Gasteiger partial charge on any atom is -0.409 e. The molecule has 1 aliphatic heterocycles. The highest BCUT2D eigenvalue weighted by Crippen LogP contribution is 2.40. The van der Waals surface area contributed by atoms with Gasteiger partial charge in [0.1, 0.15) is 5.41 Å². The van der Waals surface area contributed by atoms with E-state index in [0.29, 0.717) is 12.8 Å². The second-order valence-electron chi connectivity index (χ2n) is 6.33. The maximum absolute atomic E-state index is 12.9. The summed E-state index contributed by atoms with van der Waals surface area (Å²) in [5.41, 5.74) is 5.11. The number of hydrogen-bond donors (Lipinski definition) is 2. The lowest BCUT2D eigenvalue weighted by Crippen LogP contribution is -2.56. The Bertz CT molecular complexity index is 405. The highest BCUT2D eigenvalue weighted by Gasteiger charge is 2.48. The van der Waals surface area contributed by atoms with E-state index in [1.54, 1.807) is 0 Å². The summed E-state index contributed by atoms with van der Waals surface area (Å²) in [7, 11) is 0. The molecular weight excluding hydrogens is 256 g/mol. The van der Waals surface area contributed by atoms with Crippen molar-refractivity contribution in [2.75, 3.05) is 26.2 Å². The molecule has 6 heteroatoms. The number of oxime groups is 1. The molecule has 0 spiro atoms. The first-order valence-corrected chi connectivity index (χ1v) is 7.69. The van der Waals surface area contributed by atoms with Crippen molar-refractivity contribution in [3.63, 3.8) is 0 Å². The van der Waals surface area contributed by atoms with Gasteiger partial charge >= 0.3 is 0 Å². The molecule has 0 radical (unpaired) electrons. The Morgan fingerprint density at radius 1 is 1.15 bits per heavy atom. The summed E-state index contributed by atoms with van der Waals surface area (Å²) in [5.74, 6) is 0.172. The minimum absolute atomic E-state index is 0.0701. The third kappa shape index (κ3) is 2.26. The first-order valence-electron chi connectivity index (χ1n) is 7.69. The number of amides is 1. The van der Waals surface area contributed by atoms with Gasteiger partial charge in [0.05, 0.1) is 0 Å². The normalized spacial score (nSPS) is 27.8. The van der Waals surface area contributed by atoms with E-state index >= 15 is 0 Å². The molecule has 3 rings (SSSR count). The highest BCUT2D eigenvalue weighted by molar-refractivity contribution is 6.07. The van der Waals surface area contributed by atoms with Gasteiger partial charge in [0.2, 0.25) is 5.91 Å². The van der Waals surface area contributed by atoms with Crippen LogP contribution in [0.15, 0.2) is 5.16 Å². The zero-order valence-corrected chi connectivity index (χ0v) is 11.9. The summed E-state index contributed by atoms with van der Waals surface area (Å²) in [5, 5.41) is 12.2. The third-order valence-electron chi connectivity index (χ3n) is 5.13. The largest absolute Gasteiger partial charge is 0.409 e. The van der Waals surface area contributed by atoms with Crippen LogP contribution in [0.2, 0.25) is 0 Å². The second kappa shape index (κ2) is 5.24. The van der Waals surface area contributed by atoms with Gasteiger partial charge in [-0.05, 0) is 25.7 Å². The van der Waals surface area contributed by atoms with Crippen molar-refractivity contribution in [2.45, 2.75) is 44.6 Å². The van der Waals surface area contributed by atoms with E-state index in [2.05, 4.69) is 10.1 Å². The topological polar surface area (TPSA) is 82.2 Å². The van der Waals surface area contributed by atoms with Crippen LogP contribution in [-0.4, -0.2) is 59.0 Å². The summed E-state index contributed by atoms with van der Waals surface area (Å²) < 4.78 is 0. The lowest BCUT2D eigenvalue weighted by atomic mass is 9.83. The number of nitrogens with zero attached hydrogens (tertiary/aromatic N) is 3. The smallest absolute Gasteiger partial charge is 0.236 e. The van der Waals surface area contributed by atoms with E-state index in [-0.39, 0.29) is 11.7 Å². The zero-order chi connectivity index (χ0) is 14.2. The Morgan fingerprint density at radius 2 is 1.75 bits per heavy atom. The summed E-state index contributed by atoms with van der Waals surface area (Å²) in [6.07, 6.45) is 5.99. The average Bonchev–Trinajstić information content (AvgIpc) is 3.23. The molecule has 0 aromatic heterocycles. The lowest BCUT2D eigenvalue weighted by molar-refractivity contribution is -0.140. The summed E-state index contributed by atoms with van der Waals surface area (Å²) in [6.45, 7) is 3.47. The first-order chi connectivity index (χ1) is 9.67. The van der Waals surface area contributed by atoms with Gasteiger partial charge in [-0.25, -0.2) is 0 Å². The number of carbonyl (C=O) groups is 1. The second-order valence-corrected chi connectivity index (χ2v) is 6.33. The Morgan fingerprint density at radius 3 is 2.25 bits per heavy atom. The van der Waals surface area contributed by atoms with Crippen LogP contribution in [-0.2, 0) is 4.79 Å². The van der Waals surface area contributed by atoms with Gasteiger partial charge in [-0.2, -0.15) is 0 Å². The van der Waals surface area contributed by atoms with E-state index in [4.69, 9.17) is 10.9 Å². The number of piperazine rings is 1. The highest BCUT2D eigenvalue weighted by atomic mass is 16.4. The van der Waals surface area contributed by atoms with E-state index in [9.17, 15) is 4.79 Å². The van der Waals surface area contributed by atoms with E-state index < -0.39 is 5.41 Å². The predicted octanol–water partition coefficient (Wildman–Crippen LogP) is 0.600. The van der Waals surface area contributed by atoms with Crippen LogP contribution in [0.1, 0.15) is 38.5 Å². The average molecular weight is 280 g/mol. The molecule has 3 fully saturated rings. The van der Waals surface area contributed by atoms with Crippen molar-refractivity contribution in [3.05, 3.63) is 0 Å². The van der Waals surface area contributed by atoms with Crippen molar-refractivity contribution in [1.29, 1.82) is 0 Å². The summed E-state index contributed by atoms with van der Waals surface area (Å²) >= 11 is 0. The van der Waals surface area contributed by atoms with Gasteiger partial charge in [0, 0.05) is 32.2 Å². The number of hydrogen-bond acceptors (Lipinski definition) is 4. The molecule has 0 aromatic rings. The Hall–Kier alpha value is -1.30. The van der Waals surface area contributed by atoms with Crippen molar-refractivity contribution < 1.29 is 10.0 Å². The van der Waals surface area contributed by atoms with Crippen molar-refractivity contribution in [3.8, 4) is 0 Å². The molecule has 1 heterocycles. The standard InChI is InChI=1S/C14H24N4O2/c15-12(16-20)14(5-1-2-6-14)13(19)18-9-7-17(8-10-18)11-3-4-11/h11,20H,1-10H2,(H2,15,16). The van der Waals surface area contributed by atoms with Crippen LogP contribution >= 0.6 is 0 Å². The molecule has 112 valence electrons. The van der Waals surface area contributed by atoms with Gasteiger partial charge in [0.15, 0.2) is 5.84 Å². The Balaban J connectivity index is 1.68. The number of rotatable bonds is 3. The molecule has 1 saturated heterocycles. The molecule has 2 saturated carbocycles. The fourth-order valence-electron chi connectivity index (χ4n) is 3.69. The Kier molecular flexibility index (Phi) is 3.58. The van der Waals surface area contributed by atoms with Crippen LogP contribution in [0.3, 0.4) is 0 Å². The van der Waals surface area contributed by atoms with Gasteiger partial charge in [0.25, 0.3) is 0 Å². The quantitative estimate of drug-likeness (QED) is 0.343. The van der Waals surface area contributed by atoms with Crippen molar-refractivity contribution >= 4 is 11.7 Å². The fraction of sp³-hybridized carbons (Fsp3) is 0.857. The van der Waals surface area contributed by atoms with E-state index in [0.717, 1.165) is 45.1 Å². The minimum atomic E-state index is -0.740. The molecule has 0 unspecified atom stereocenters. The molecule has 0 aromatic carbocycles. The van der Waals surface area contributed by atoms with Crippen LogP contribution in [0.4, 0.5) is 0 Å². The molecular formula is C14H24N4O2. The van der Waals surface area contributed by atoms with Gasteiger partial charge < -0.3 is 15.8 Å². The van der Waals surface area contributed by atoms with Crippen molar-refractivity contribution in [2.24, 2.45) is 16.3 Å². The third-order valence-corrected chi connectivity index (χ3v) is 5.13. The molecule has 6 nitrogen and oxygen atoms in total. The summed E-state index contributed by atoms with van der Waals surface area (Å²) in [6, 6.07) is 0.761. The predicted molar refractivity (Wildman–Crippen MR) is 75.5 cm³/mol. The first kappa shape index (κ1) is 13.7. The molecule has 2 aliphatic carbocycles. The maximum Gasteiger partial charge on any atom is 0.236 e. The number of nitrogens with two attached hydrogens (primary N) is 1. The van der Waals surface area contributed by atoms with Crippen LogP contribution < -0.4 is 5.73 Å². The maximum atomic E-state index is 12.9. The van der Waals surface area contributed by atoms with Gasteiger partial charge in [-0.3, -0.25) is 9.69 Å². The Labute approximate surface area is 119 Å². The number of carbonyl (C=O) groups excluding carboxylic acids is 1. The number of amidine groups is 1. The van der Waals surface area contributed by atoms with Crippen LogP contribution in [0.5, 0.6) is 0 Å². The zero-order valence-electron chi connectivity index (χ0n) is 11.9. The molecule has 3 aliphatic rings. The molecule has 3 N–H and O–H groups in total. The van der Waals surface area contributed by atoms with Crippen molar-refractivity contribution in [1.82, 2.24) is 9.80 Å². The van der Waals surface area contributed by atoms with Gasteiger partial charge in [-0.15, -0.1) is 0 Å². The summed E-state index contributed by atoms with van der Waals surface area (Å²) in [4.78, 5) is 17.2. The lowest BCUT2D eigenvalue weighted by Gasteiger charge is -2.39. The molecule has 1 amide bonds. The van der Waals surface area contributed by atoms with E-state index in [1.807, 2.05) is 4.90 Å². The van der Waals surface area contributed by atoms with Crippen LogP contribution in [0, 0.1) is 5.41 Å². The van der Waals surface area contributed by atoms with Crippen LogP contribution in [0.25, 0.3) is 0 Å². The molecule has 20 heavy (non-hydrogen) atoms. The fourth-order valence-corrected chi connectivity index (χ4v) is 3.69. The molecule has 0 bridgehead atoms. The van der Waals surface area contributed by atoms with Gasteiger partial charge in [-0.1, -0.05) is 18.0 Å². The molecule has 0 atom stereocenters. The SMILES string of the molecule is NC(=NO)C1(C(=O)N2CCN(C3CC3)CC2)CCCC1.